The van der Waals surface area contributed by atoms with E-state index in [0.717, 1.165) is 12.8 Å². The minimum atomic E-state index is -0.998. The molecule has 0 spiro atoms. The number of carbonyl (C=O) groups is 4. The number of rotatable bonds is 8. The first kappa shape index (κ1) is 33.5. The van der Waals surface area contributed by atoms with Crippen molar-refractivity contribution in [1.29, 1.82) is 0 Å². The number of carbonyl (C=O) groups excluding carboxylic acids is 4. The Morgan fingerprint density at radius 1 is 1.07 bits per heavy atom. The van der Waals surface area contributed by atoms with Crippen LogP contribution in [0, 0.1) is 5.92 Å². The predicted octanol–water partition coefficient (Wildman–Crippen LogP) is 4.40. The summed E-state index contributed by atoms with van der Waals surface area (Å²) in [6.45, 7) is 14.5. The van der Waals surface area contributed by atoms with Gasteiger partial charge in [-0.15, -0.1) is 0 Å². The Kier molecular flexibility index (Phi) is 9.29. The Bertz CT molecular complexity index is 1360. The van der Waals surface area contributed by atoms with E-state index >= 15 is 0 Å². The molecule has 1 aromatic rings. The van der Waals surface area contributed by atoms with Gasteiger partial charge in [0.05, 0.1) is 17.6 Å². The van der Waals surface area contributed by atoms with Crippen LogP contribution in [0.5, 0.6) is 5.75 Å². The van der Waals surface area contributed by atoms with Gasteiger partial charge in [0, 0.05) is 20.0 Å². The maximum Gasteiger partial charge on any atom is 0.514 e. The van der Waals surface area contributed by atoms with Crippen LogP contribution in [0.15, 0.2) is 29.3 Å². The average molecular weight is 613 g/mol. The third-order valence-corrected chi connectivity index (χ3v) is 8.18. The molecule has 0 radical (unpaired) electrons. The molecular weight excluding hydrogens is 567 g/mol. The van der Waals surface area contributed by atoms with Crippen LogP contribution in [0.4, 0.5) is 4.79 Å². The fraction of sp³-hybridized carbons (Fsp3) is 0.625. The van der Waals surface area contributed by atoms with E-state index in [1.807, 2.05) is 6.92 Å². The van der Waals surface area contributed by atoms with E-state index in [4.69, 9.17) is 23.5 Å². The molecular formula is C32H45BN2O9. The Labute approximate surface area is 260 Å². The number of nitrogens with zero attached hydrogens (tertiary/aromatic N) is 1. The summed E-state index contributed by atoms with van der Waals surface area (Å²) < 4.78 is 29.7. The van der Waals surface area contributed by atoms with Gasteiger partial charge in [-0.05, 0) is 86.3 Å². The minimum absolute atomic E-state index is 0.0208. The van der Waals surface area contributed by atoms with Crippen molar-refractivity contribution in [3.05, 3.63) is 40.5 Å². The van der Waals surface area contributed by atoms with Gasteiger partial charge in [-0.1, -0.05) is 23.3 Å². The quantitative estimate of drug-likeness (QED) is 0.149. The summed E-state index contributed by atoms with van der Waals surface area (Å²) in [5, 5.41) is 2.93. The van der Waals surface area contributed by atoms with E-state index in [0.29, 0.717) is 5.56 Å². The van der Waals surface area contributed by atoms with Crippen molar-refractivity contribution in [3.8, 4) is 5.75 Å². The molecule has 1 saturated carbocycles. The summed E-state index contributed by atoms with van der Waals surface area (Å²) in [6, 6.07) is 4.83. The van der Waals surface area contributed by atoms with Crippen molar-refractivity contribution in [2.75, 3.05) is 14.1 Å². The largest absolute Gasteiger partial charge is 0.514 e. The summed E-state index contributed by atoms with van der Waals surface area (Å²) in [5.41, 5.74) is 0.896. The third kappa shape index (κ3) is 7.46. The Hall–Kier alpha value is -3.38. The van der Waals surface area contributed by atoms with Crippen LogP contribution in [0.25, 0.3) is 0 Å². The van der Waals surface area contributed by atoms with Crippen molar-refractivity contribution in [2.45, 2.75) is 110 Å². The molecule has 1 aromatic carbocycles. The molecule has 1 aliphatic heterocycles. The Balaban J connectivity index is 1.69. The summed E-state index contributed by atoms with van der Waals surface area (Å²) in [6.07, 6.45) is 0.183. The lowest BCUT2D eigenvalue weighted by Crippen LogP contribution is -2.54. The highest BCUT2D eigenvalue weighted by molar-refractivity contribution is 6.48. The van der Waals surface area contributed by atoms with Crippen LogP contribution in [-0.2, 0) is 34.8 Å². The minimum Gasteiger partial charge on any atom is -0.456 e. The second-order valence-corrected chi connectivity index (χ2v) is 14.2. The maximum atomic E-state index is 13.3. The zero-order chi connectivity index (χ0) is 32.8. The van der Waals surface area contributed by atoms with Crippen molar-refractivity contribution >= 4 is 31.1 Å². The molecule has 4 aliphatic rings. The van der Waals surface area contributed by atoms with E-state index in [2.05, 4.69) is 12.2 Å². The van der Waals surface area contributed by atoms with Crippen molar-refractivity contribution in [3.63, 3.8) is 0 Å². The molecule has 2 amide bonds. The molecule has 2 fully saturated rings. The van der Waals surface area contributed by atoms with Crippen LogP contribution >= 0.6 is 0 Å². The standard InChI is InChI=1S/C32H45BN2O9/c1-18-20-14-22(18)32(8)23(15-20)43-33(44-32)24(34-25(36)17-26(37)35(9)10)16-19-12-11-13-21(28(38)41-30(2,3)4)27(19)40-29(39)42-31(5,6)7/h11-13,22-24H,14-17H2,1-10H3,(H,34,36)/t22?,23?,24-,32-/m0/s1. The van der Waals surface area contributed by atoms with Gasteiger partial charge in [0.1, 0.15) is 23.2 Å². The highest BCUT2D eigenvalue weighted by Gasteiger charge is 2.61. The second-order valence-electron chi connectivity index (χ2n) is 14.2. The van der Waals surface area contributed by atoms with Crippen LogP contribution in [0.1, 0.15) is 90.6 Å². The summed E-state index contributed by atoms with van der Waals surface area (Å²) in [7, 11) is 2.29. The molecule has 0 aromatic heterocycles. The molecule has 1 saturated heterocycles. The number of benzene rings is 1. The molecule has 3 aliphatic carbocycles. The number of para-hydroxylation sites is 1. The van der Waals surface area contributed by atoms with Crippen LogP contribution in [0.3, 0.4) is 0 Å². The second kappa shape index (κ2) is 12.2. The fourth-order valence-corrected chi connectivity index (χ4v) is 5.88. The number of esters is 1. The first-order valence-corrected chi connectivity index (χ1v) is 15.0. The number of amides is 2. The average Bonchev–Trinajstić information content (AvgIpc) is 3.23. The zero-order valence-corrected chi connectivity index (χ0v) is 27.5. The summed E-state index contributed by atoms with van der Waals surface area (Å²) in [4.78, 5) is 53.0. The van der Waals surface area contributed by atoms with Crippen molar-refractivity contribution in [1.82, 2.24) is 10.2 Å². The molecule has 2 unspecified atom stereocenters. The molecule has 11 nitrogen and oxygen atoms in total. The van der Waals surface area contributed by atoms with Crippen LogP contribution in [-0.4, -0.2) is 78.9 Å². The molecule has 5 rings (SSSR count). The van der Waals surface area contributed by atoms with E-state index in [1.165, 1.54) is 22.1 Å². The monoisotopic (exact) mass is 612 g/mol. The molecule has 44 heavy (non-hydrogen) atoms. The lowest BCUT2D eigenvalue weighted by molar-refractivity contribution is -0.134. The smallest absolute Gasteiger partial charge is 0.456 e. The number of hydrogen-bond donors (Lipinski definition) is 1. The lowest BCUT2D eigenvalue weighted by Gasteiger charge is -2.51. The van der Waals surface area contributed by atoms with Gasteiger partial charge < -0.3 is 33.7 Å². The highest BCUT2D eigenvalue weighted by Crippen LogP contribution is 2.56. The SMILES string of the molecule is CC1=C2CC3OB([C@H](Cc4cccc(C(=O)OC(C)(C)C)c4OC(=O)OC(C)(C)C)NC(=O)CC(=O)N(C)C)O[C@@]3(C)C1C2. The van der Waals surface area contributed by atoms with Crippen LogP contribution < -0.4 is 10.1 Å². The number of ether oxygens (including phenoxy) is 3. The van der Waals surface area contributed by atoms with Crippen molar-refractivity contribution in [2.24, 2.45) is 5.92 Å². The van der Waals surface area contributed by atoms with Gasteiger partial charge in [-0.25, -0.2) is 9.59 Å². The predicted molar refractivity (Wildman–Crippen MR) is 163 cm³/mol. The highest BCUT2D eigenvalue weighted by atomic mass is 16.7. The fourth-order valence-electron chi connectivity index (χ4n) is 5.88. The van der Waals surface area contributed by atoms with Gasteiger partial charge in [0.25, 0.3) is 0 Å². The zero-order valence-electron chi connectivity index (χ0n) is 27.5. The molecule has 240 valence electrons. The molecule has 12 heteroatoms. The Morgan fingerprint density at radius 3 is 2.32 bits per heavy atom. The van der Waals surface area contributed by atoms with E-state index in [1.54, 1.807) is 67.8 Å². The number of nitrogens with one attached hydrogen (secondary N) is 1. The van der Waals surface area contributed by atoms with E-state index in [-0.39, 0.29) is 42.1 Å². The number of hydrogen-bond acceptors (Lipinski definition) is 9. The first-order chi connectivity index (χ1) is 20.3. The first-order valence-electron chi connectivity index (χ1n) is 15.0. The topological polar surface area (TPSA) is 130 Å². The van der Waals surface area contributed by atoms with Gasteiger partial charge in [0.15, 0.2) is 5.75 Å². The molecule has 2 bridgehead atoms. The Morgan fingerprint density at radius 2 is 1.73 bits per heavy atom. The van der Waals surface area contributed by atoms with E-state index in [9.17, 15) is 19.2 Å². The van der Waals surface area contributed by atoms with Gasteiger partial charge in [-0.3, -0.25) is 9.59 Å². The molecule has 1 heterocycles. The normalized spacial score (nSPS) is 23.3. The molecule has 1 N–H and O–H groups in total. The van der Waals surface area contributed by atoms with Crippen molar-refractivity contribution < 1.29 is 42.7 Å². The maximum absolute atomic E-state index is 13.3. The van der Waals surface area contributed by atoms with Gasteiger partial charge in [0.2, 0.25) is 11.8 Å². The lowest BCUT2D eigenvalue weighted by atomic mass is 9.60. The summed E-state index contributed by atoms with van der Waals surface area (Å²) >= 11 is 0. The van der Waals surface area contributed by atoms with E-state index < -0.39 is 47.9 Å². The third-order valence-electron chi connectivity index (χ3n) is 8.18. The van der Waals surface area contributed by atoms with Gasteiger partial charge in [-0.2, -0.15) is 0 Å². The summed E-state index contributed by atoms with van der Waals surface area (Å²) in [5.74, 6) is -2.20. The molecule has 4 atom stereocenters. The van der Waals surface area contributed by atoms with Crippen LogP contribution in [0.2, 0.25) is 0 Å². The van der Waals surface area contributed by atoms with Gasteiger partial charge >= 0.3 is 19.2 Å².